The van der Waals surface area contributed by atoms with Gasteiger partial charge in [-0.1, -0.05) is 26.7 Å². The summed E-state index contributed by atoms with van der Waals surface area (Å²) in [6.45, 7) is 11.9. The monoisotopic (exact) mass is 255 g/mol. The van der Waals surface area contributed by atoms with Gasteiger partial charge in [0, 0.05) is 25.7 Å². The molecular weight excluding hydrogens is 222 g/mol. The van der Waals surface area contributed by atoms with Crippen LogP contribution in [0.4, 0.5) is 0 Å². The molecule has 0 aliphatic carbocycles. The van der Waals surface area contributed by atoms with Crippen molar-refractivity contribution in [2.75, 3.05) is 46.3 Å². The molecule has 0 aromatic carbocycles. The Hall–Kier alpha value is -0.120. The highest BCUT2D eigenvalue weighted by Crippen LogP contribution is 2.11. The molecule has 1 unspecified atom stereocenters. The van der Waals surface area contributed by atoms with Gasteiger partial charge in [-0.15, -0.1) is 0 Å². The third-order valence-electron chi connectivity index (χ3n) is 4.16. The Morgan fingerprint density at radius 2 is 1.83 bits per heavy atom. The topological polar surface area (TPSA) is 18.5 Å². The average molecular weight is 255 g/mol. The van der Waals surface area contributed by atoms with Gasteiger partial charge < -0.3 is 15.1 Å². The van der Waals surface area contributed by atoms with Gasteiger partial charge in [0.1, 0.15) is 0 Å². The fourth-order valence-corrected chi connectivity index (χ4v) is 2.77. The summed E-state index contributed by atoms with van der Waals surface area (Å²) in [7, 11) is 2.27. The van der Waals surface area contributed by atoms with Crippen molar-refractivity contribution < 1.29 is 0 Å². The van der Waals surface area contributed by atoms with Crippen molar-refractivity contribution in [2.45, 2.75) is 52.0 Å². The van der Waals surface area contributed by atoms with Gasteiger partial charge in [0.15, 0.2) is 0 Å². The number of hydrogen-bond donors (Lipinski definition) is 1. The van der Waals surface area contributed by atoms with Crippen LogP contribution in [0.5, 0.6) is 0 Å². The van der Waals surface area contributed by atoms with E-state index in [9.17, 15) is 0 Å². The van der Waals surface area contributed by atoms with E-state index >= 15 is 0 Å². The van der Waals surface area contributed by atoms with Crippen LogP contribution in [-0.4, -0.2) is 62.2 Å². The van der Waals surface area contributed by atoms with Crippen molar-refractivity contribution in [3.63, 3.8) is 0 Å². The molecule has 1 rings (SSSR count). The van der Waals surface area contributed by atoms with Crippen LogP contribution < -0.4 is 5.32 Å². The fraction of sp³-hybridized carbons (Fsp3) is 1.00. The quantitative estimate of drug-likeness (QED) is 0.637. The van der Waals surface area contributed by atoms with Crippen molar-refractivity contribution in [1.29, 1.82) is 0 Å². The Morgan fingerprint density at radius 3 is 2.56 bits per heavy atom. The summed E-state index contributed by atoms with van der Waals surface area (Å²) in [6, 6.07) is 0.785. The van der Waals surface area contributed by atoms with E-state index in [1.165, 1.54) is 64.8 Å². The third kappa shape index (κ3) is 6.17. The lowest BCUT2D eigenvalue weighted by Crippen LogP contribution is -2.51. The molecule has 0 amide bonds. The summed E-state index contributed by atoms with van der Waals surface area (Å²) in [6.07, 6.45) is 6.79. The smallest absolute Gasteiger partial charge is 0.0218 e. The number of piperazine rings is 1. The van der Waals surface area contributed by atoms with Crippen LogP contribution in [0.3, 0.4) is 0 Å². The molecule has 1 heterocycles. The third-order valence-corrected chi connectivity index (χ3v) is 4.16. The molecule has 18 heavy (non-hydrogen) atoms. The van der Waals surface area contributed by atoms with Crippen molar-refractivity contribution in [1.82, 2.24) is 15.1 Å². The second-order valence-electron chi connectivity index (χ2n) is 5.61. The second-order valence-corrected chi connectivity index (χ2v) is 5.61. The zero-order valence-corrected chi connectivity index (χ0v) is 12.7. The molecule has 0 aromatic rings. The van der Waals surface area contributed by atoms with Crippen molar-refractivity contribution >= 4 is 0 Å². The number of likely N-dealkylation sites (N-methyl/N-ethyl adjacent to an activating group) is 1. The van der Waals surface area contributed by atoms with E-state index < -0.39 is 0 Å². The molecule has 1 N–H and O–H groups in total. The molecule has 0 aromatic heterocycles. The van der Waals surface area contributed by atoms with E-state index in [0.717, 1.165) is 12.6 Å². The minimum atomic E-state index is 0.785. The SMILES string of the molecule is CCNCCCCCCN1CCN(C)C(CC)C1. The maximum absolute atomic E-state index is 3.39. The van der Waals surface area contributed by atoms with Crippen LogP contribution in [0.25, 0.3) is 0 Å². The lowest BCUT2D eigenvalue weighted by atomic mass is 10.1. The summed E-state index contributed by atoms with van der Waals surface area (Å²) in [5.74, 6) is 0. The number of hydrogen-bond acceptors (Lipinski definition) is 3. The van der Waals surface area contributed by atoms with Crippen molar-refractivity contribution in [3.8, 4) is 0 Å². The van der Waals surface area contributed by atoms with Crippen molar-refractivity contribution in [3.05, 3.63) is 0 Å². The molecule has 1 saturated heterocycles. The number of nitrogens with zero attached hydrogens (tertiary/aromatic N) is 2. The molecule has 3 nitrogen and oxygen atoms in total. The first-order chi connectivity index (χ1) is 8.77. The Bertz CT molecular complexity index is 196. The lowest BCUT2D eigenvalue weighted by Gasteiger charge is -2.39. The largest absolute Gasteiger partial charge is 0.317 e. The molecule has 3 heteroatoms. The lowest BCUT2D eigenvalue weighted by molar-refractivity contribution is 0.0919. The van der Waals surface area contributed by atoms with Gasteiger partial charge in [0.25, 0.3) is 0 Å². The van der Waals surface area contributed by atoms with Crippen LogP contribution in [0.2, 0.25) is 0 Å². The fourth-order valence-electron chi connectivity index (χ4n) is 2.77. The van der Waals surface area contributed by atoms with Crippen LogP contribution in [0.1, 0.15) is 46.0 Å². The molecule has 108 valence electrons. The van der Waals surface area contributed by atoms with Crippen LogP contribution in [0, 0.1) is 0 Å². The predicted octanol–water partition coefficient (Wildman–Crippen LogP) is 2.18. The average Bonchev–Trinajstić information content (AvgIpc) is 2.39. The summed E-state index contributed by atoms with van der Waals surface area (Å²) in [5.41, 5.74) is 0. The molecule has 0 saturated carbocycles. The predicted molar refractivity (Wildman–Crippen MR) is 80.2 cm³/mol. The van der Waals surface area contributed by atoms with Crippen LogP contribution in [-0.2, 0) is 0 Å². The Labute approximate surface area is 114 Å². The van der Waals surface area contributed by atoms with Gasteiger partial charge >= 0.3 is 0 Å². The molecular formula is C15H33N3. The van der Waals surface area contributed by atoms with Gasteiger partial charge in [-0.2, -0.15) is 0 Å². The first-order valence-corrected chi connectivity index (χ1v) is 7.91. The van der Waals surface area contributed by atoms with E-state index in [-0.39, 0.29) is 0 Å². The van der Waals surface area contributed by atoms with Crippen LogP contribution >= 0.6 is 0 Å². The maximum atomic E-state index is 3.39. The molecule has 1 fully saturated rings. The van der Waals surface area contributed by atoms with E-state index in [1.807, 2.05) is 0 Å². The Kier molecular flexibility index (Phi) is 8.64. The number of rotatable bonds is 9. The highest BCUT2D eigenvalue weighted by atomic mass is 15.3. The molecule has 1 aliphatic heterocycles. The standard InChI is InChI=1S/C15H33N3/c1-4-15-14-18(13-12-17(15)3)11-9-7-6-8-10-16-5-2/h15-16H,4-14H2,1-3H3. The first-order valence-electron chi connectivity index (χ1n) is 7.91. The molecule has 1 aliphatic rings. The van der Waals surface area contributed by atoms with Gasteiger partial charge in [-0.05, 0) is 45.9 Å². The zero-order valence-electron chi connectivity index (χ0n) is 12.7. The normalized spacial score (nSPS) is 22.5. The highest BCUT2D eigenvalue weighted by Gasteiger charge is 2.21. The summed E-state index contributed by atoms with van der Waals surface area (Å²) >= 11 is 0. The maximum Gasteiger partial charge on any atom is 0.0218 e. The summed E-state index contributed by atoms with van der Waals surface area (Å²) in [4.78, 5) is 5.19. The van der Waals surface area contributed by atoms with Crippen LogP contribution in [0.15, 0.2) is 0 Å². The number of nitrogens with one attached hydrogen (secondary N) is 1. The molecule has 0 radical (unpaired) electrons. The van der Waals surface area contributed by atoms with E-state index in [1.54, 1.807) is 0 Å². The van der Waals surface area contributed by atoms with Gasteiger partial charge in [0.2, 0.25) is 0 Å². The highest BCUT2D eigenvalue weighted by molar-refractivity contribution is 4.78. The second kappa shape index (κ2) is 9.76. The zero-order chi connectivity index (χ0) is 13.2. The minimum absolute atomic E-state index is 0.785. The van der Waals surface area contributed by atoms with Gasteiger partial charge in [0.05, 0.1) is 0 Å². The van der Waals surface area contributed by atoms with Gasteiger partial charge in [-0.25, -0.2) is 0 Å². The van der Waals surface area contributed by atoms with Crippen molar-refractivity contribution in [2.24, 2.45) is 0 Å². The molecule has 1 atom stereocenters. The first kappa shape index (κ1) is 15.9. The Morgan fingerprint density at radius 1 is 1.06 bits per heavy atom. The Balaban J connectivity index is 1.99. The molecule has 0 bridgehead atoms. The van der Waals surface area contributed by atoms with E-state index in [4.69, 9.17) is 0 Å². The van der Waals surface area contributed by atoms with Gasteiger partial charge in [-0.3, -0.25) is 0 Å². The minimum Gasteiger partial charge on any atom is -0.317 e. The number of unbranched alkanes of at least 4 members (excludes halogenated alkanes) is 3. The summed E-state index contributed by atoms with van der Waals surface area (Å²) in [5, 5.41) is 3.39. The molecule has 0 spiro atoms. The summed E-state index contributed by atoms with van der Waals surface area (Å²) < 4.78 is 0. The van der Waals surface area contributed by atoms with E-state index in [0.29, 0.717) is 0 Å². The van der Waals surface area contributed by atoms with E-state index in [2.05, 4.69) is 36.0 Å².